The molecule has 0 bridgehead atoms. The highest BCUT2D eigenvalue weighted by atomic mass is 35.5. The van der Waals surface area contributed by atoms with Crippen LogP contribution in [-0.2, 0) is 6.54 Å². The molecule has 0 unspecified atom stereocenters. The Morgan fingerprint density at radius 1 is 0.684 bits per heavy atom. The van der Waals surface area contributed by atoms with Gasteiger partial charge in [0.1, 0.15) is 0 Å². The van der Waals surface area contributed by atoms with Gasteiger partial charge >= 0.3 is 0 Å². The standard InChI is InChI=1S/C32H29Cl2N3O/c33-21-9-11-30-28(17-21)29-18-22(34)10-12-31(29)37(30)20-23(38)19-35-13-15-36(16-14-35)32-26-7-3-1-5-24(26)25-6-2-4-8-27(25)32/h1-12,17-18,23,32,38H,13-16,19-20H2/t23-/m1/s1. The SMILES string of the molecule is O[C@H](CN1CCN(C2c3ccccc3-c3ccccc32)CC1)Cn1c2ccc(Cl)cc2c2cc(Cl)ccc21. The number of nitrogens with zero attached hydrogens (tertiary/aromatic N) is 3. The molecule has 6 heteroatoms. The van der Waals surface area contributed by atoms with E-state index in [0.29, 0.717) is 29.2 Å². The van der Waals surface area contributed by atoms with E-state index in [4.69, 9.17) is 23.2 Å². The number of hydrogen-bond acceptors (Lipinski definition) is 3. The van der Waals surface area contributed by atoms with E-state index in [1.807, 2.05) is 36.4 Å². The zero-order valence-electron chi connectivity index (χ0n) is 21.0. The number of halogens is 2. The smallest absolute Gasteiger partial charge is 0.0845 e. The number of piperazine rings is 1. The first kappa shape index (κ1) is 24.2. The van der Waals surface area contributed by atoms with Crippen LogP contribution in [0.1, 0.15) is 17.2 Å². The van der Waals surface area contributed by atoms with Crippen molar-refractivity contribution in [3.63, 3.8) is 0 Å². The number of aliphatic hydroxyl groups excluding tert-OH is 1. The summed E-state index contributed by atoms with van der Waals surface area (Å²) >= 11 is 12.6. The van der Waals surface area contributed by atoms with E-state index in [1.165, 1.54) is 22.3 Å². The van der Waals surface area contributed by atoms with Gasteiger partial charge in [0.25, 0.3) is 0 Å². The molecule has 1 aliphatic carbocycles. The minimum atomic E-state index is -0.486. The molecule has 0 saturated carbocycles. The Kier molecular flexibility index (Phi) is 6.18. The first-order chi connectivity index (χ1) is 18.6. The maximum Gasteiger partial charge on any atom is 0.0845 e. The van der Waals surface area contributed by atoms with E-state index in [2.05, 4.69) is 62.9 Å². The van der Waals surface area contributed by atoms with Crippen molar-refractivity contribution in [2.75, 3.05) is 32.7 Å². The van der Waals surface area contributed by atoms with Crippen LogP contribution in [0.4, 0.5) is 0 Å². The van der Waals surface area contributed by atoms with E-state index >= 15 is 0 Å². The third-order valence-electron chi connectivity index (χ3n) is 8.22. The van der Waals surface area contributed by atoms with Gasteiger partial charge in [-0.25, -0.2) is 0 Å². The van der Waals surface area contributed by atoms with Gasteiger partial charge in [0.2, 0.25) is 0 Å². The third-order valence-corrected chi connectivity index (χ3v) is 8.69. The van der Waals surface area contributed by atoms with Crippen LogP contribution in [0.2, 0.25) is 10.0 Å². The molecule has 1 aromatic heterocycles. The zero-order chi connectivity index (χ0) is 25.8. The fraction of sp³-hybridized carbons (Fsp3) is 0.250. The van der Waals surface area contributed by atoms with Gasteiger partial charge in [-0.15, -0.1) is 0 Å². The van der Waals surface area contributed by atoms with Crippen LogP contribution >= 0.6 is 23.2 Å². The van der Waals surface area contributed by atoms with Crippen LogP contribution in [0.25, 0.3) is 32.9 Å². The molecule has 1 atom stereocenters. The van der Waals surface area contributed by atoms with Gasteiger partial charge in [-0.05, 0) is 58.7 Å². The van der Waals surface area contributed by atoms with Crippen LogP contribution < -0.4 is 0 Å². The summed E-state index contributed by atoms with van der Waals surface area (Å²) in [5.41, 5.74) is 7.67. The van der Waals surface area contributed by atoms with Crippen molar-refractivity contribution in [2.45, 2.75) is 18.7 Å². The molecule has 4 aromatic carbocycles. The average Bonchev–Trinajstić information content (AvgIpc) is 3.41. The molecule has 38 heavy (non-hydrogen) atoms. The van der Waals surface area contributed by atoms with Crippen molar-refractivity contribution >= 4 is 45.0 Å². The zero-order valence-corrected chi connectivity index (χ0v) is 22.5. The lowest BCUT2D eigenvalue weighted by atomic mass is 10.0. The summed E-state index contributed by atoms with van der Waals surface area (Å²) in [5, 5.41) is 14.7. The maximum atomic E-state index is 11.2. The molecule has 192 valence electrons. The van der Waals surface area contributed by atoms with E-state index in [0.717, 1.165) is 48.0 Å². The van der Waals surface area contributed by atoms with E-state index in [1.54, 1.807) is 0 Å². The van der Waals surface area contributed by atoms with Gasteiger partial charge in [0, 0.05) is 64.6 Å². The number of benzene rings is 4. The Balaban J connectivity index is 1.07. The first-order valence-electron chi connectivity index (χ1n) is 13.3. The summed E-state index contributed by atoms with van der Waals surface area (Å²) in [6.45, 7) is 5.01. The van der Waals surface area contributed by atoms with Gasteiger partial charge in [0.05, 0.1) is 18.7 Å². The van der Waals surface area contributed by atoms with Crippen molar-refractivity contribution < 1.29 is 5.11 Å². The number of hydrogen-bond donors (Lipinski definition) is 1. The van der Waals surface area contributed by atoms with E-state index < -0.39 is 6.10 Å². The minimum Gasteiger partial charge on any atom is -0.390 e. The van der Waals surface area contributed by atoms with Crippen molar-refractivity contribution in [3.05, 3.63) is 106 Å². The summed E-state index contributed by atoms with van der Waals surface area (Å²) < 4.78 is 2.20. The van der Waals surface area contributed by atoms with Crippen molar-refractivity contribution in [1.29, 1.82) is 0 Å². The van der Waals surface area contributed by atoms with Crippen LogP contribution in [0, 0.1) is 0 Å². The lowest BCUT2D eigenvalue weighted by Crippen LogP contribution is -2.49. The van der Waals surface area contributed by atoms with Gasteiger partial charge in [-0.3, -0.25) is 9.80 Å². The molecule has 7 rings (SSSR count). The van der Waals surface area contributed by atoms with Crippen LogP contribution in [0.5, 0.6) is 0 Å². The topological polar surface area (TPSA) is 31.6 Å². The Labute approximate surface area is 232 Å². The molecule has 1 N–H and O–H groups in total. The molecule has 0 spiro atoms. The van der Waals surface area contributed by atoms with Crippen LogP contribution in [0.15, 0.2) is 84.9 Å². The maximum absolute atomic E-state index is 11.2. The molecule has 0 radical (unpaired) electrons. The van der Waals surface area contributed by atoms with Gasteiger partial charge in [0.15, 0.2) is 0 Å². The predicted octanol–water partition coefficient (Wildman–Crippen LogP) is 6.85. The second-order valence-corrected chi connectivity index (χ2v) is 11.4. The molecule has 5 aromatic rings. The Morgan fingerprint density at radius 2 is 1.21 bits per heavy atom. The summed E-state index contributed by atoms with van der Waals surface area (Å²) in [5.74, 6) is 0. The number of aliphatic hydroxyl groups is 1. The number of β-amino-alcohol motifs (C(OH)–C–C–N with tert-alkyl or cyclic N) is 1. The lowest BCUT2D eigenvalue weighted by molar-refractivity contribution is 0.0571. The summed E-state index contributed by atoms with van der Waals surface area (Å²) in [4.78, 5) is 5.00. The highest BCUT2D eigenvalue weighted by Crippen LogP contribution is 2.46. The normalized spacial score (nSPS) is 17.2. The monoisotopic (exact) mass is 541 g/mol. The minimum absolute atomic E-state index is 0.311. The molecule has 2 heterocycles. The van der Waals surface area contributed by atoms with Crippen LogP contribution in [0.3, 0.4) is 0 Å². The number of aromatic nitrogens is 1. The summed E-state index contributed by atoms with van der Waals surface area (Å²) in [6.07, 6.45) is -0.486. The van der Waals surface area contributed by atoms with Crippen molar-refractivity contribution in [2.24, 2.45) is 0 Å². The summed E-state index contributed by atoms with van der Waals surface area (Å²) in [7, 11) is 0. The molecule has 1 fully saturated rings. The molecular weight excluding hydrogens is 513 g/mol. The van der Waals surface area contributed by atoms with Gasteiger partial charge < -0.3 is 9.67 Å². The second-order valence-electron chi connectivity index (χ2n) is 10.5. The largest absolute Gasteiger partial charge is 0.390 e. The second kappa shape index (κ2) is 9.71. The molecule has 1 aliphatic heterocycles. The predicted molar refractivity (Wildman–Crippen MR) is 157 cm³/mol. The molecule has 1 saturated heterocycles. The highest BCUT2D eigenvalue weighted by Gasteiger charge is 2.34. The number of rotatable bonds is 5. The molecule has 0 amide bonds. The highest BCUT2D eigenvalue weighted by molar-refractivity contribution is 6.33. The molecular formula is C32H29Cl2N3O. The first-order valence-corrected chi connectivity index (χ1v) is 14.0. The van der Waals surface area contributed by atoms with E-state index in [-0.39, 0.29) is 0 Å². The Hall–Kier alpha value is -2.86. The lowest BCUT2D eigenvalue weighted by Gasteiger charge is -2.39. The van der Waals surface area contributed by atoms with Gasteiger partial charge in [-0.2, -0.15) is 0 Å². The summed E-state index contributed by atoms with van der Waals surface area (Å²) in [6, 6.07) is 29.8. The molecule has 4 nitrogen and oxygen atoms in total. The fourth-order valence-electron chi connectivity index (χ4n) is 6.54. The Morgan fingerprint density at radius 3 is 1.76 bits per heavy atom. The number of fused-ring (bicyclic) bond motifs is 6. The quantitative estimate of drug-likeness (QED) is 0.264. The molecule has 2 aliphatic rings. The van der Waals surface area contributed by atoms with E-state index in [9.17, 15) is 5.11 Å². The Bertz CT molecular complexity index is 1550. The third kappa shape index (κ3) is 4.12. The van der Waals surface area contributed by atoms with Crippen molar-refractivity contribution in [1.82, 2.24) is 14.4 Å². The fourth-order valence-corrected chi connectivity index (χ4v) is 6.88. The van der Waals surface area contributed by atoms with Crippen LogP contribution in [-0.4, -0.2) is 58.3 Å². The van der Waals surface area contributed by atoms with Gasteiger partial charge in [-0.1, -0.05) is 71.7 Å². The average molecular weight is 543 g/mol. The van der Waals surface area contributed by atoms with Crippen molar-refractivity contribution in [3.8, 4) is 11.1 Å².